The van der Waals surface area contributed by atoms with Crippen LogP contribution in [0.1, 0.15) is 12.0 Å². The molecule has 0 radical (unpaired) electrons. The molecule has 2 rings (SSSR count). The Labute approximate surface area is 114 Å². The van der Waals surface area contributed by atoms with Crippen LogP contribution in [0.3, 0.4) is 0 Å². The number of rotatable bonds is 5. The van der Waals surface area contributed by atoms with Gasteiger partial charge in [0.2, 0.25) is 0 Å². The Hall–Kier alpha value is -0.770. The van der Waals surface area contributed by atoms with Crippen LogP contribution in [0.25, 0.3) is 0 Å². The van der Waals surface area contributed by atoms with Crippen LogP contribution in [-0.2, 0) is 4.74 Å². The average Bonchev–Trinajstić information content (AvgIpc) is 2.38. The highest BCUT2D eigenvalue weighted by atomic mass is 35.5. The van der Waals surface area contributed by atoms with Crippen LogP contribution in [0.5, 0.6) is 5.75 Å². The van der Waals surface area contributed by atoms with Crippen molar-refractivity contribution < 1.29 is 14.4 Å². The first-order valence-corrected chi connectivity index (χ1v) is 6.94. The summed E-state index contributed by atoms with van der Waals surface area (Å²) in [5, 5.41) is 0.703. The highest BCUT2D eigenvalue weighted by molar-refractivity contribution is 6.32. The molecule has 3 nitrogen and oxygen atoms in total. The summed E-state index contributed by atoms with van der Waals surface area (Å²) in [5.74, 6) is 0.791. The van der Waals surface area contributed by atoms with Crippen molar-refractivity contribution in [3.8, 4) is 5.75 Å². The van der Waals surface area contributed by atoms with E-state index in [1.54, 1.807) is 4.90 Å². The van der Waals surface area contributed by atoms with Crippen LogP contribution < -0.4 is 9.64 Å². The molecular weight excluding hydrogens is 250 g/mol. The van der Waals surface area contributed by atoms with Crippen molar-refractivity contribution in [2.45, 2.75) is 13.3 Å². The van der Waals surface area contributed by atoms with Gasteiger partial charge in [0.1, 0.15) is 18.8 Å². The monoisotopic (exact) mass is 270 g/mol. The summed E-state index contributed by atoms with van der Waals surface area (Å²) in [6, 6.07) is 5.90. The Morgan fingerprint density at radius 3 is 2.83 bits per heavy atom. The van der Waals surface area contributed by atoms with E-state index < -0.39 is 0 Å². The van der Waals surface area contributed by atoms with Gasteiger partial charge in [-0.3, -0.25) is 0 Å². The standard InChI is InChI=1S/C14H20ClNO2/c1-12-3-4-14(13(15)11-12)18-8-2-5-16-6-9-17-10-7-16/h3-4,11H,2,5-10H2,1H3/p+1. The molecule has 0 atom stereocenters. The number of nitrogens with one attached hydrogen (secondary N) is 1. The van der Waals surface area contributed by atoms with Crippen molar-refractivity contribution in [2.75, 3.05) is 39.5 Å². The molecule has 0 aliphatic carbocycles. The first kappa shape index (κ1) is 13.7. The SMILES string of the molecule is Cc1ccc(OCCC[NH+]2CCOCC2)c(Cl)c1. The Bertz CT molecular complexity index is 378. The van der Waals surface area contributed by atoms with Crippen molar-refractivity contribution in [2.24, 2.45) is 0 Å². The molecule has 1 heterocycles. The predicted octanol–water partition coefficient (Wildman–Crippen LogP) is 1.33. The lowest BCUT2D eigenvalue weighted by molar-refractivity contribution is -0.908. The smallest absolute Gasteiger partial charge is 0.137 e. The summed E-state index contributed by atoms with van der Waals surface area (Å²) in [5.41, 5.74) is 1.16. The molecule has 1 aliphatic heterocycles. The number of hydrogen-bond donors (Lipinski definition) is 1. The minimum absolute atomic E-state index is 0.703. The summed E-state index contributed by atoms with van der Waals surface area (Å²) in [7, 11) is 0. The molecule has 1 aromatic rings. The van der Waals surface area contributed by atoms with Crippen molar-refractivity contribution >= 4 is 11.6 Å². The van der Waals surface area contributed by atoms with Crippen LogP contribution in [0.2, 0.25) is 5.02 Å². The van der Waals surface area contributed by atoms with Crippen LogP contribution in [-0.4, -0.2) is 39.5 Å². The Kier molecular flexibility index (Phi) is 5.29. The number of hydrogen-bond acceptors (Lipinski definition) is 2. The van der Waals surface area contributed by atoms with Crippen LogP contribution >= 0.6 is 11.6 Å². The normalized spacial score (nSPS) is 16.8. The van der Waals surface area contributed by atoms with Crippen LogP contribution in [0, 0.1) is 6.92 Å². The van der Waals surface area contributed by atoms with Gasteiger partial charge in [-0.1, -0.05) is 17.7 Å². The summed E-state index contributed by atoms with van der Waals surface area (Å²) in [6.45, 7) is 7.91. The molecule has 1 fully saturated rings. The molecule has 0 amide bonds. The molecule has 1 aromatic carbocycles. The molecular formula is C14H21ClNO2+. The van der Waals surface area contributed by atoms with Gasteiger partial charge in [-0.15, -0.1) is 0 Å². The van der Waals surface area contributed by atoms with Gasteiger partial charge in [0, 0.05) is 6.42 Å². The molecule has 0 spiro atoms. The topological polar surface area (TPSA) is 22.9 Å². The zero-order valence-electron chi connectivity index (χ0n) is 10.9. The fourth-order valence-electron chi connectivity index (χ4n) is 2.14. The number of benzene rings is 1. The lowest BCUT2D eigenvalue weighted by Crippen LogP contribution is -3.14. The van der Waals surface area contributed by atoms with Gasteiger partial charge < -0.3 is 14.4 Å². The summed E-state index contributed by atoms with van der Waals surface area (Å²) < 4.78 is 11.0. The number of morpholine rings is 1. The van der Waals surface area contributed by atoms with Gasteiger partial charge in [0.15, 0.2) is 0 Å². The second kappa shape index (κ2) is 6.98. The average molecular weight is 271 g/mol. The molecule has 18 heavy (non-hydrogen) atoms. The lowest BCUT2D eigenvalue weighted by Gasteiger charge is -2.23. The molecule has 0 bridgehead atoms. The number of aryl methyl sites for hydroxylation is 1. The van der Waals surface area contributed by atoms with E-state index in [1.807, 2.05) is 25.1 Å². The first-order valence-electron chi connectivity index (χ1n) is 6.56. The molecule has 100 valence electrons. The van der Waals surface area contributed by atoms with Crippen molar-refractivity contribution in [1.82, 2.24) is 0 Å². The van der Waals surface area contributed by atoms with Gasteiger partial charge in [0.25, 0.3) is 0 Å². The molecule has 1 saturated heterocycles. The quantitative estimate of drug-likeness (QED) is 0.816. The summed E-state index contributed by atoms with van der Waals surface area (Å²) in [6.07, 6.45) is 1.06. The fourth-order valence-corrected chi connectivity index (χ4v) is 2.43. The van der Waals surface area contributed by atoms with Gasteiger partial charge in [-0.25, -0.2) is 0 Å². The van der Waals surface area contributed by atoms with E-state index in [-0.39, 0.29) is 0 Å². The van der Waals surface area contributed by atoms with E-state index >= 15 is 0 Å². The molecule has 0 saturated carbocycles. The maximum absolute atomic E-state index is 6.11. The van der Waals surface area contributed by atoms with Gasteiger partial charge in [0.05, 0.1) is 31.4 Å². The maximum atomic E-state index is 6.11. The zero-order chi connectivity index (χ0) is 12.8. The van der Waals surface area contributed by atoms with E-state index in [2.05, 4.69) is 0 Å². The first-order chi connectivity index (χ1) is 8.75. The van der Waals surface area contributed by atoms with E-state index in [4.69, 9.17) is 21.1 Å². The van der Waals surface area contributed by atoms with E-state index in [0.29, 0.717) is 5.02 Å². The van der Waals surface area contributed by atoms with Gasteiger partial charge >= 0.3 is 0 Å². The molecule has 0 unspecified atom stereocenters. The Morgan fingerprint density at radius 2 is 2.11 bits per heavy atom. The minimum atomic E-state index is 0.703. The maximum Gasteiger partial charge on any atom is 0.137 e. The molecule has 1 aliphatic rings. The Balaban J connectivity index is 1.68. The van der Waals surface area contributed by atoms with Crippen LogP contribution in [0.4, 0.5) is 0 Å². The highest BCUT2D eigenvalue weighted by Gasteiger charge is 2.12. The van der Waals surface area contributed by atoms with E-state index in [0.717, 1.165) is 57.2 Å². The second-order valence-electron chi connectivity index (χ2n) is 4.75. The van der Waals surface area contributed by atoms with E-state index in [1.165, 1.54) is 0 Å². The largest absolute Gasteiger partial charge is 0.492 e. The second-order valence-corrected chi connectivity index (χ2v) is 5.16. The van der Waals surface area contributed by atoms with E-state index in [9.17, 15) is 0 Å². The van der Waals surface area contributed by atoms with Gasteiger partial charge in [-0.2, -0.15) is 0 Å². The third-order valence-corrected chi connectivity index (χ3v) is 3.51. The summed E-state index contributed by atoms with van der Waals surface area (Å²) >= 11 is 6.11. The van der Waals surface area contributed by atoms with Crippen molar-refractivity contribution in [1.29, 1.82) is 0 Å². The lowest BCUT2D eigenvalue weighted by atomic mass is 10.2. The van der Waals surface area contributed by atoms with Crippen molar-refractivity contribution in [3.63, 3.8) is 0 Å². The molecule has 4 heteroatoms. The zero-order valence-corrected chi connectivity index (χ0v) is 11.6. The highest BCUT2D eigenvalue weighted by Crippen LogP contribution is 2.24. The molecule has 1 N–H and O–H groups in total. The molecule has 0 aromatic heterocycles. The van der Waals surface area contributed by atoms with Crippen LogP contribution in [0.15, 0.2) is 18.2 Å². The number of quaternary nitrogens is 1. The fraction of sp³-hybridized carbons (Fsp3) is 0.571. The van der Waals surface area contributed by atoms with Gasteiger partial charge in [-0.05, 0) is 24.6 Å². The Morgan fingerprint density at radius 1 is 1.33 bits per heavy atom. The number of halogens is 1. The third-order valence-electron chi connectivity index (χ3n) is 3.22. The predicted molar refractivity (Wildman–Crippen MR) is 72.7 cm³/mol. The summed E-state index contributed by atoms with van der Waals surface area (Å²) in [4.78, 5) is 1.61. The third kappa shape index (κ3) is 4.16. The number of ether oxygens (including phenoxy) is 2. The van der Waals surface area contributed by atoms with Crippen molar-refractivity contribution in [3.05, 3.63) is 28.8 Å². The minimum Gasteiger partial charge on any atom is -0.492 e.